The molecule has 0 aliphatic rings. The largest absolute Gasteiger partial charge is 0.477 e. The molecule has 21 heavy (non-hydrogen) atoms. The van der Waals surface area contributed by atoms with Gasteiger partial charge in [-0.15, -0.1) is 0 Å². The molecule has 6 nitrogen and oxygen atoms in total. The number of carbonyl (C=O) groups excluding carboxylic acids is 1. The highest BCUT2D eigenvalue weighted by atomic mass is 16.4. The Morgan fingerprint density at radius 1 is 1.24 bits per heavy atom. The van der Waals surface area contributed by atoms with Gasteiger partial charge in [-0.25, -0.2) is 9.78 Å². The van der Waals surface area contributed by atoms with E-state index in [1.807, 2.05) is 19.1 Å². The maximum absolute atomic E-state index is 11.8. The first-order valence-corrected chi connectivity index (χ1v) is 6.41. The van der Waals surface area contributed by atoms with E-state index in [1.54, 1.807) is 12.3 Å². The summed E-state index contributed by atoms with van der Waals surface area (Å²) >= 11 is 0. The van der Waals surface area contributed by atoms with Crippen LogP contribution in [0.1, 0.15) is 27.3 Å². The van der Waals surface area contributed by atoms with E-state index < -0.39 is 5.97 Å². The highest BCUT2D eigenvalue weighted by molar-refractivity contribution is 5.85. The average molecular weight is 285 g/mol. The van der Waals surface area contributed by atoms with Crippen molar-refractivity contribution in [3.8, 4) is 0 Å². The topological polar surface area (TPSA) is 92.2 Å². The van der Waals surface area contributed by atoms with Crippen LogP contribution >= 0.6 is 0 Å². The van der Waals surface area contributed by atoms with Crippen molar-refractivity contribution in [2.24, 2.45) is 0 Å². The summed E-state index contributed by atoms with van der Waals surface area (Å²) in [6.07, 6.45) is 3.31. The van der Waals surface area contributed by atoms with Crippen molar-refractivity contribution in [2.75, 3.05) is 0 Å². The summed E-state index contributed by atoms with van der Waals surface area (Å²) in [6, 6.07) is 6.77. The van der Waals surface area contributed by atoms with Crippen LogP contribution < -0.4 is 5.32 Å². The van der Waals surface area contributed by atoms with Crippen molar-refractivity contribution in [1.29, 1.82) is 0 Å². The zero-order valence-electron chi connectivity index (χ0n) is 11.5. The molecule has 108 valence electrons. The SMILES string of the molecule is Cc1cccnc1CC(=O)NCc1ccc(C(=O)O)nc1. The number of carboxylic acid groups (broad SMARTS) is 1. The highest BCUT2D eigenvalue weighted by Gasteiger charge is 2.07. The zero-order chi connectivity index (χ0) is 15.2. The van der Waals surface area contributed by atoms with Gasteiger partial charge in [-0.1, -0.05) is 12.1 Å². The molecule has 0 unspecified atom stereocenters. The molecule has 2 aromatic rings. The number of aromatic carboxylic acids is 1. The fourth-order valence-corrected chi connectivity index (χ4v) is 1.77. The Morgan fingerprint density at radius 2 is 2.05 bits per heavy atom. The molecule has 0 fully saturated rings. The molecule has 0 aromatic carbocycles. The van der Waals surface area contributed by atoms with Crippen molar-refractivity contribution < 1.29 is 14.7 Å². The van der Waals surface area contributed by atoms with Gasteiger partial charge in [0.05, 0.1) is 12.1 Å². The predicted molar refractivity (Wildman–Crippen MR) is 75.7 cm³/mol. The Kier molecular flexibility index (Phi) is 4.61. The van der Waals surface area contributed by atoms with E-state index in [1.165, 1.54) is 12.3 Å². The molecular formula is C15H15N3O3. The number of nitrogens with one attached hydrogen (secondary N) is 1. The molecule has 2 N–H and O–H groups in total. The lowest BCUT2D eigenvalue weighted by atomic mass is 10.1. The van der Waals surface area contributed by atoms with Crippen LogP contribution in [0.5, 0.6) is 0 Å². The Bertz CT molecular complexity index is 653. The van der Waals surface area contributed by atoms with Crippen molar-refractivity contribution in [3.05, 3.63) is 59.2 Å². The molecule has 1 amide bonds. The van der Waals surface area contributed by atoms with Crippen LogP contribution in [-0.2, 0) is 17.8 Å². The van der Waals surface area contributed by atoms with Gasteiger partial charge in [-0.05, 0) is 30.2 Å². The number of hydrogen-bond acceptors (Lipinski definition) is 4. The van der Waals surface area contributed by atoms with Crippen LogP contribution in [0.25, 0.3) is 0 Å². The van der Waals surface area contributed by atoms with Gasteiger partial charge in [0.15, 0.2) is 0 Å². The molecular weight excluding hydrogens is 270 g/mol. The zero-order valence-corrected chi connectivity index (χ0v) is 11.5. The van der Waals surface area contributed by atoms with Gasteiger partial charge in [-0.2, -0.15) is 0 Å². The molecule has 0 bridgehead atoms. The van der Waals surface area contributed by atoms with Crippen LogP contribution in [0.3, 0.4) is 0 Å². The number of amides is 1. The summed E-state index contributed by atoms with van der Waals surface area (Å²) in [5, 5.41) is 11.5. The first-order valence-electron chi connectivity index (χ1n) is 6.41. The minimum Gasteiger partial charge on any atom is -0.477 e. The monoisotopic (exact) mass is 285 g/mol. The summed E-state index contributed by atoms with van der Waals surface area (Å²) in [5.41, 5.74) is 2.44. The van der Waals surface area contributed by atoms with E-state index in [0.29, 0.717) is 6.54 Å². The van der Waals surface area contributed by atoms with Crippen LogP contribution in [-0.4, -0.2) is 27.0 Å². The Balaban J connectivity index is 1.89. The third-order valence-corrected chi connectivity index (χ3v) is 2.98. The first-order chi connectivity index (χ1) is 10.1. The highest BCUT2D eigenvalue weighted by Crippen LogP contribution is 2.04. The van der Waals surface area contributed by atoms with E-state index in [-0.39, 0.29) is 18.0 Å². The van der Waals surface area contributed by atoms with Gasteiger partial charge in [0.25, 0.3) is 0 Å². The second-order valence-electron chi connectivity index (χ2n) is 4.58. The standard InChI is InChI=1S/C15H15N3O3/c1-10-3-2-6-16-13(10)7-14(19)18-9-11-4-5-12(15(20)21)17-8-11/h2-6,8H,7,9H2,1H3,(H,18,19)(H,20,21). The van der Waals surface area contributed by atoms with Gasteiger partial charge in [0.2, 0.25) is 5.91 Å². The maximum atomic E-state index is 11.8. The molecule has 0 aliphatic carbocycles. The van der Waals surface area contributed by atoms with Gasteiger partial charge in [0.1, 0.15) is 5.69 Å². The number of carboxylic acids is 1. The third-order valence-electron chi connectivity index (χ3n) is 2.98. The molecule has 0 radical (unpaired) electrons. The summed E-state index contributed by atoms with van der Waals surface area (Å²) in [7, 11) is 0. The number of hydrogen-bond donors (Lipinski definition) is 2. The third kappa shape index (κ3) is 4.10. The van der Waals surface area contributed by atoms with Gasteiger partial charge in [-0.3, -0.25) is 9.78 Å². The molecule has 2 aromatic heterocycles. The molecule has 0 saturated carbocycles. The lowest BCUT2D eigenvalue weighted by molar-refractivity contribution is -0.120. The summed E-state index contributed by atoms with van der Waals surface area (Å²) in [6.45, 7) is 2.21. The molecule has 6 heteroatoms. The molecule has 0 saturated heterocycles. The van der Waals surface area contributed by atoms with Crippen molar-refractivity contribution in [2.45, 2.75) is 19.9 Å². The minimum atomic E-state index is -1.07. The normalized spacial score (nSPS) is 10.1. The number of carbonyl (C=O) groups is 2. The minimum absolute atomic E-state index is 0.0193. The molecule has 2 heterocycles. The molecule has 0 spiro atoms. The smallest absolute Gasteiger partial charge is 0.354 e. The van der Waals surface area contributed by atoms with Crippen LogP contribution in [0, 0.1) is 6.92 Å². The second kappa shape index (κ2) is 6.60. The first kappa shape index (κ1) is 14.6. The Morgan fingerprint density at radius 3 is 2.67 bits per heavy atom. The lowest BCUT2D eigenvalue weighted by Crippen LogP contribution is -2.25. The summed E-state index contributed by atoms with van der Waals surface area (Å²) in [5.74, 6) is -1.21. The molecule has 0 atom stereocenters. The summed E-state index contributed by atoms with van der Waals surface area (Å²) < 4.78 is 0. The lowest BCUT2D eigenvalue weighted by Gasteiger charge is -2.06. The average Bonchev–Trinajstić information content (AvgIpc) is 2.48. The number of rotatable bonds is 5. The Hall–Kier alpha value is -2.76. The van der Waals surface area contributed by atoms with Crippen molar-refractivity contribution in [3.63, 3.8) is 0 Å². The van der Waals surface area contributed by atoms with Crippen molar-refractivity contribution in [1.82, 2.24) is 15.3 Å². The van der Waals surface area contributed by atoms with Crippen molar-refractivity contribution >= 4 is 11.9 Å². The quantitative estimate of drug-likeness (QED) is 0.865. The number of aryl methyl sites for hydroxylation is 1. The number of pyridine rings is 2. The van der Waals surface area contributed by atoms with E-state index in [0.717, 1.165) is 16.8 Å². The van der Waals surface area contributed by atoms with E-state index in [2.05, 4.69) is 15.3 Å². The van der Waals surface area contributed by atoms with Gasteiger partial charge >= 0.3 is 5.97 Å². The fraction of sp³-hybridized carbons (Fsp3) is 0.200. The Labute approximate surface area is 121 Å². The predicted octanol–water partition coefficient (Wildman–Crippen LogP) is 1.34. The van der Waals surface area contributed by atoms with E-state index >= 15 is 0 Å². The number of nitrogens with zero attached hydrogens (tertiary/aromatic N) is 2. The molecule has 2 rings (SSSR count). The molecule has 0 aliphatic heterocycles. The number of aromatic nitrogens is 2. The second-order valence-corrected chi connectivity index (χ2v) is 4.58. The maximum Gasteiger partial charge on any atom is 0.354 e. The van der Waals surface area contributed by atoms with Crippen LogP contribution in [0.15, 0.2) is 36.7 Å². The van der Waals surface area contributed by atoms with Crippen LogP contribution in [0.2, 0.25) is 0 Å². The van der Waals surface area contributed by atoms with Gasteiger partial charge < -0.3 is 10.4 Å². The summed E-state index contributed by atoms with van der Waals surface area (Å²) in [4.78, 5) is 30.5. The van der Waals surface area contributed by atoms with Crippen LogP contribution in [0.4, 0.5) is 0 Å². The van der Waals surface area contributed by atoms with E-state index in [9.17, 15) is 9.59 Å². The fourth-order valence-electron chi connectivity index (χ4n) is 1.77. The van der Waals surface area contributed by atoms with Gasteiger partial charge in [0, 0.05) is 18.9 Å². The van der Waals surface area contributed by atoms with E-state index in [4.69, 9.17) is 5.11 Å².